The molecule has 0 bridgehead atoms. The van der Waals surface area contributed by atoms with E-state index < -0.39 is 0 Å². The van der Waals surface area contributed by atoms with Crippen molar-refractivity contribution in [2.45, 2.75) is 120 Å². The standard InChI is InChI=1S/C29H51O3P.CH4.Ar/c1-24(2)19-11-14-28(7)21(27(19,6)13-12-22(24)32-23(31)17-33)10-9-20-25(3,4)26(5,18-30)15-16-29(20,28)8;;/h19-22,30H,9-18,33H2,1-8H3;1H4;/p+1/t19-,20+,21+,22-,26+,27-,28+,29+;;/m0../s1. The van der Waals surface area contributed by atoms with Crippen LogP contribution in [0.5, 0.6) is 0 Å². The van der Waals surface area contributed by atoms with E-state index in [9.17, 15) is 9.90 Å². The predicted octanol–water partition coefficient (Wildman–Crippen LogP) is 7.24. The van der Waals surface area contributed by atoms with Crippen LogP contribution in [0.4, 0.5) is 0 Å². The fourth-order valence-electron chi connectivity index (χ4n) is 10.5. The van der Waals surface area contributed by atoms with E-state index in [1.807, 2.05) is 0 Å². The van der Waals surface area contributed by atoms with Crippen LogP contribution in [0.3, 0.4) is 0 Å². The molecule has 1 N–H and O–H groups in total. The van der Waals surface area contributed by atoms with E-state index >= 15 is 0 Å². The summed E-state index contributed by atoms with van der Waals surface area (Å²) in [5, 5.41) is 10.4. The van der Waals surface area contributed by atoms with E-state index in [0.717, 1.165) is 18.8 Å². The number of hydrogen-bond acceptors (Lipinski definition) is 3. The van der Waals surface area contributed by atoms with Crippen molar-refractivity contribution in [3.05, 3.63) is 0 Å². The van der Waals surface area contributed by atoms with Crippen LogP contribution >= 0.6 is 9.24 Å². The number of carbonyl (C=O) groups excluding carboxylic acids is 1. The van der Waals surface area contributed by atoms with Crippen LogP contribution in [0.1, 0.15) is 114 Å². The molecule has 0 aromatic heterocycles. The van der Waals surface area contributed by atoms with Crippen molar-refractivity contribution in [1.82, 2.24) is 0 Å². The SMILES string of the molecule is C.CC1(C)[C@@H](OC(=O)C[PH3+])CC[C@]2(C)[C@H]3CC[C@@H]4C(C)(C)[C@@](C)(CO)CC[C@@]4(C)[C@]3(C)CC[C@@H]12.[Ar]. The summed E-state index contributed by atoms with van der Waals surface area (Å²) in [7, 11) is 1.70. The van der Waals surface area contributed by atoms with Crippen LogP contribution in [-0.4, -0.2) is 29.9 Å². The van der Waals surface area contributed by atoms with Crippen LogP contribution in [-0.2, 0) is 9.53 Å². The molecule has 0 amide bonds. The summed E-state index contributed by atoms with van der Waals surface area (Å²) in [5.41, 5.74) is 1.15. The average molecular weight is 536 g/mol. The van der Waals surface area contributed by atoms with E-state index in [4.69, 9.17) is 4.74 Å². The van der Waals surface area contributed by atoms with Crippen LogP contribution in [0.25, 0.3) is 0 Å². The maximum Gasteiger partial charge on any atom is 0.343 e. The average Bonchev–Trinajstić information content (AvgIpc) is 2.74. The Morgan fingerprint density at radius 2 is 1.40 bits per heavy atom. The predicted molar refractivity (Wildman–Crippen MR) is 147 cm³/mol. The molecule has 0 aliphatic heterocycles. The van der Waals surface area contributed by atoms with Gasteiger partial charge in [0.15, 0.2) is 0 Å². The van der Waals surface area contributed by atoms with Gasteiger partial charge in [0.1, 0.15) is 12.3 Å². The van der Waals surface area contributed by atoms with E-state index in [1.54, 1.807) is 9.24 Å². The Morgan fingerprint density at radius 1 is 0.829 bits per heavy atom. The third-order valence-electron chi connectivity index (χ3n) is 13.3. The first-order valence-electron chi connectivity index (χ1n) is 13.7. The van der Waals surface area contributed by atoms with E-state index in [1.165, 1.54) is 38.5 Å². The van der Waals surface area contributed by atoms with Crippen molar-refractivity contribution in [1.29, 1.82) is 0 Å². The Balaban J connectivity index is 0.00000216. The minimum Gasteiger partial charge on any atom is -0.459 e. The van der Waals surface area contributed by atoms with E-state index in [-0.39, 0.29) is 73.5 Å². The zero-order valence-corrected chi connectivity index (χ0v) is 25.3. The fraction of sp³-hybridized carbons (Fsp3) is 0.967. The number of hydrogen-bond donors (Lipinski definition) is 1. The second kappa shape index (κ2) is 10.3. The number of esters is 1. The molecule has 5 heteroatoms. The second-order valence-corrected chi connectivity index (χ2v) is 15.1. The summed E-state index contributed by atoms with van der Waals surface area (Å²) in [6.45, 7) is 20.2. The van der Waals surface area contributed by atoms with E-state index in [2.05, 4.69) is 55.4 Å². The van der Waals surface area contributed by atoms with Gasteiger partial charge in [-0.1, -0.05) is 62.8 Å². The number of ether oxygens (including phenoxy) is 1. The van der Waals surface area contributed by atoms with Crippen LogP contribution in [0.15, 0.2) is 0 Å². The summed E-state index contributed by atoms with van der Waals surface area (Å²) in [5.74, 6) is 1.96. The van der Waals surface area contributed by atoms with Gasteiger partial charge in [-0.15, -0.1) is 0 Å². The van der Waals surface area contributed by atoms with Crippen molar-refractivity contribution in [2.24, 2.45) is 50.2 Å². The van der Waals surface area contributed by atoms with Crippen molar-refractivity contribution in [3.63, 3.8) is 0 Å². The molecule has 206 valence electrons. The first-order valence-corrected chi connectivity index (χ1v) is 14.7. The molecule has 0 aromatic carbocycles. The summed E-state index contributed by atoms with van der Waals surface area (Å²) >= 11 is 0. The van der Waals surface area contributed by atoms with Gasteiger partial charge in [0, 0.05) is 49.8 Å². The maximum absolute atomic E-state index is 12.2. The number of carbonyl (C=O) groups is 1. The molecule has 4 fully saturated rings. The quantitative estimate of drug-likeness (QED) is 0.306. The summed E-state index contributed by atoms with van der Waals surface area (Å²) < 4.78 is 6.02. The van der Waals surface area contributed by atoms with Crippen LogP contribution < -0.4 is 0 Å². The molecule has 0 saturated heterocycles. The Labute approximate surface area is 249 Å². The van der Waals surface area contributed by atoms with Gasteiger partial charge < -0.3 is 9.84 Å². The summed E-state index contributed by atoms with van der Waals surface area (Å²) in [6, 6.07) is 0. The third kappa shape index (κ3) is 4.35. The molecule has 0 spiro atoms. The van der Waals surface area contributed by atoms with Gasteiger partial charge >= 0.3 is 5.97 Å². The van der Waals surface area contributed by atoms with Crippen molar-refractivity contribution >= 4 is 15.2 Å². The van der Waals surface area contributed by atoms with Gasteiger partial charge in [-0.05, 0) is 105 Å². The zero-order valence-electron chi connectivity index (χ0n) is 23.2. The Morgan fingerprint density at radius 3 is 1.97 bits per heavy atom. The molecule has 0 aromatic rings. The van der Waals surface area contributed by atoms with Crippen LogP contribution in [0.2, 0.25) is 0 Å². The summed E-state index contributed by atoms with van der Waals surface area (Å²) in [6.07, 6.45) is 10.3. The molecule has 3 nitrogen and oxygen atoms in total. The molecular formula is C30H56ArO3P+. The van der Waals surface area contributed by atoms with Crippen molar-refractivity contribution in [3.8, 4) is 0 Å². The first kappa shape index (κ1) is 32.3. The smallest absolute Gasteiger partial charge is 0.343 e. The van der Waals surface area contributed by atoms with Crippen LogP contribution in [0, 0.1) is 88.0 Å². The van der Waals surface area contributed by atoms with Crippen molar-refractivity contribution in [2.75, 3.05) is 12.8 Å². The molecule has 9 atom stereocenters. The largest absolute Gasteiger partial charge is 0.459 e. The Hall–Kier alpha value is 1.12. The molecule has 4 aliphatic rings. The molecule has 4 saturated carbocycles. The topological polar surface area (TPSA) is 46.5 Å². The number of aliphatic hydroxyl groups is 1. The monoisotopic (exact) mass is 535 g/mol. The Kier molecular flexibility index (Phi) is 9.48. The van der Waals surface area contributed by atoms with Gasteiger partial charge in [-0.25, -0.2) is 4.79 Å². The number of aliphatic hydroxyl groups excluding tert-OH is 1. The van der Waals surface area contributed by atoms with E-state index in [0.29, 0.717) is 40.8 Å². The van der Waals surface area contributed by atoms with Gasteiger partial charge in [0.05, 0.1) is 0 Å². The van der Waals surface area contributed by atoms with Crippen molar-refractivity contribution < 1.29 is 52.4 Å². The summed E-state index contributed by atoms with van der Waals surface area (Å²) in [4.78, 5) is 12.2. The zero-order chi connectivity index (χ0) is 24.7. The molecule has 35 heavy (non-hydrogen) atoms. The molecule has 0 radical (unpaired) electrons. The minimum absolute atomic E-state index is 0. The van der Waals surface area contributed by atoms with Gasteiger partial charge in [-0.3, -0.25) is 0 Å². The number of rotatable bonds is 3. The van der Waals surface area contributed by atoms with Gasteiger partial charge in [0.2, 0.25) is 0 Å². The maximum atomic E-state index is 12.2. The minimum atomic E-state index is -0.0277. The third-order valence-corrected chi connectivity index (χ3v) is 13.7. The van der Waals surface area contributed by atoms with Gasteiger partial charge in [0.25, 0.3) is 0 Å². The fourth-order valence-corrected chi connectivity index (χ4v) is 10.6. The molecule has 1 unspecified atom stereocenters. The molecule has 0 heterocycles. The Bertz CT molecular complexity index is 798. The number of fused-ring (bicyclic) bond motifs is 5. The normalized spacial score (nSPS) is 47.7. The molecule has 4 aliphatic carbocycles. The molecule has 4 rings (SSSR count). The first-order chi connectivity index (χ1) is 15.1. The second-order valence-electron chi connectivity index (χ2n) is 14.6. The van der Waals surface area contributed by atoms with Gasteiger partial charge in [-0.2, -0.15) is 0 Å². The molecular weight excluding hydrogens is 479 g/mol.